The molecule has 2 amide bonds. The molecule has 0 unspecified atom stereocenters. The Labute approximate surface area is 107 Å². The molecule has 0 saturated heterocycles. The molecule has 1 aromatic carbocycles. The van der Waals surface area contributed by atoms with Gasteiger partial charge >= 0.3 is 0 Å². The molecule has 0 fully saturated rings. The Morgan fingerprint density at radius 3 is 2.67 bits per heavy atom. The van der Waals surface area contributed by atoms with Crippen molar-refractivity contribution in [3.05, 3.63) is 29.8 Å². The smallest absolute Gasteiger partial charge is 0.251 e. The number of hydrogen-bond donors (Lipinski definition) is 2. The molecule has 5 heteroatoms. The number of amides is 2. The second kappa shape index (κ2) is 6.76. The first-order valence-corrected chi connectivity index (χ1v) is 5.76. The van der Waals surface area contributed by atoms with Crippen LogP contribution in [-0.4, -0.2) is 31.6 Å². The van der Waals surface area contributed by atoms with Crippen molar-refractivity contribution in [3.8, 4) is 0 Å². The summed E-state index contributed by atoms with van der Waals surface area (Å²) in [7, 11) is 1.56. The molecular weight excluding hydrogens is 232 g/mol. The number of carbonyl (C=O) groups is 2. The third kappa shape index (κ3) is 4.55. The molecule has 0 heterocycles. The first-order chi connectivity index (χ1) is 8.52. The molecule has 0 saturated carbocycles. The van der Waals surface area contributed by atoms with E-state index in [1.54, 1.807) is 31.3 Å². The molecule has 18 heavy (non-hydrogen) atoms. The number of benzene rings is 1. The number of carbonyl (C=O) groups excluding carboxylic acids is 2. The fourth-order valence-corrected chi connectivity index (χ4v) is 1.32. The minimum absolute atomic E-state index is 0.00185. The van der Waals surface area contributed by atoms with E-state index in [0.717, 1.165) is 0 Å². The van der Waals surface area contributed by atoms with E-state index in [4.69, 9.17) is 4.74 Å². The van der Waals surface area contributed by atoms with Gasteiger partial charge in [0.05, 0.1) is 6.10 Å². The summed E-state index contributed by atoms with van der Waals surface area (Å²) in [6.45, 7) is 3.72. The summed E-state index contributed by atoms with van der Waals surface area (Å²) in [6, 6.07) is 6.73. The summed E-state index contributed by atoms with van der Waals surface area (Å²) in [6.07, 6.45) is 0.00736. The van der Waals surface area contributed by atoms with Crippen LogP contribution in [0, 0.1) is 0 Å². The lowest BCUT2D eigenvalue weighted by atomic mass is 10.2. The van der Waals surface area contributed by atoms with Gasteiger partial charge in [0.25, 0.3) is 5.91 Å². The summed E-state index contributed by atoms with van der Waals surface area (Å²) in [5, 5.41) is 5.20. The van der Waals surface area contributed by atoms with E-state index >= 15 is 0 Å². The Bertz CT molecular complexity index is 430. The van der Waals surface area contributed by atoms with Gasteiger partial charge in [-0.3, -0.25) is 9.59 Å². The standard InChI is InChI=1S/C13H18N2O3/c1-9(2)18-8-12(16)15-11-6-4-5-10(7-11)13(17)14-3/h4-7,9H,8H2,1-3H3,(H,14,17)(H,15,16). The summed E-state index contributed by atoms with van der Waals surface area (Å²) in [4.78, 5) is 22.9. The third-order valence-electron chi connectivity index (χ3n) is 2.18. The Morgan fingerprint density at radius 1 is 1.33 bits per heavy atom. The van der Waals surface area contributed by atoms with Gasteiger partial charge in [-0.15, -0.1) is 0 Å². The highest BCUT2D eigenvalue weighted by Gasteiger charge is 2.07. The topological polar surface area (TPSA) is 67.4 Å². The molecule has 1 aromatic rings. The molecule has 0 bridgehead atoms. The van der Waals surface area contributed by atoms with E-state index in [1.165, 1.54) is 0 Å². The summed E-state index contributed by atoms with van der Waals surface area (Å²) in [5.41, 5.74) is 1.08. The number of ether oxygens (including phenoxy) is 1. The Morgan fingerprint density at radius 2 is 2.06 bits per heavy atom. The van der Waals surface area contributed by atoms with E-state index in [9.17, 15) is 9.59 Å². The van der Waals surface area contributed by atoms with Gasteiger partial charge in [0.2, 0.25) is 5.91 Å². The van der Waals surface area contributed by atoms with Crippen LogP contribution in [0.25, 0.3) is 0 Å². The fourth-order valence-electron chi connectivity index (χ4n) is 1.32. The number of nitrogens with one attached hydrogen (secondary N) is 2. The number of rotatable bonds is 5. The van der Waals surface area contributed by atoms with Crippen molar-refractivity contribution >= 4 is 17.5 Å². The van der Waals surface area contributed by atoms with Crippen molar-refractivity contribution in [1.82, 2.24) is 5.32 Å². The highest BCUT2D eigenvalue weighted by molar-refractivity contribution is 5.97. The van der Waals surface area contributed by atoms with Crippen LogP contribution in [-0.2, 0) is 9.53 Å². The lowest BCUT2D eigenvalue weighted by molar-refractivity contribution is -0.121. The first kappa shape index (κ1) is 14.2. The highest BCUT2D eigenvalue weighted by atomic mass is 16.5. The van der Waals surface area contributed by atoms with Gasteiger partial charge in [-0.25, -0.2) is 0 Å². The molecule has 0 aliphatic carbocycles. The van der Waals surface area contributed by atoms with Gasteiger partial charge in [-0.05, 0) is 32.0 Å². The zero-order valence-corrected chi connectivity index (χ0v) is 10.8. The van der Waals surface area contributed by atoms with Gasteiger partial charge < -0.3 is 15.4 Å². The average Bonchev–Trinajstić information content (AvgIpc) is 2.35. The molecule has 1 rings (SSSR count). The van der Waals surface area contributed by atoms with Crippen LogP contribution < -0.4 is 10.6 Å². The van der Waals surface area contributed by atoms with E-state index in [0.29, 0.717) is 11.3 Å². The van der Waals surface area contributed by atoms with Gasteiger partial charge in [0, 0.05) is 18.3 Å². The molecule has 2 N–H and O–H groups in total. The predicted octanol–water partition coefficient (Wildman–Crippen LogP) is 1.41. The van der Waals surface area contributed by atoms with Crippen molar-refractivity contribution in [2.45, 2.75) is 20.0 Å². The zero-order valence-electron chi connectivity index (χ0n) is 10.8. The van der Waals surface area contributed by atoms with Crippen LogP contribution in [0.1, 0.15) is 24.2 Å². The van der Waals surface area contributed by atoms with Gasteiger partial charge in [-0.1, -0.05) is 6.07 Å². The van der Waals surface area contributed by atoms with Gasteiger partial charge in [0.1, 0.15) is 6.61 Å². The van der Waals surface area contributed by atoms with E-state index in [2.05, 4.69) is 10.6 Å². The molecule has 5 nitrogen and oxygen atoms in total. The Hall–Kier alpha value is -1.88. The highest BCUT2D eigenvalue weighted by Crippen LogP contribution is 2.10. The van der Waals surface area contributed by atoms with Crippen LogP contribution in [0.5, 0.6) is 0 Å². The SMILES string of the molecule is CNC(=O)c1cccc(NC(=O)COC(C)C)c1. The molecule has 0 aliphatic heterocycles. The first-order valence-electron chi connectivity index (χ1n) is 5.76. The second-order valence-electron chi connectivity index (χ2n) is 4.07. The van der Waals surface area contributed by atoms with Crippen LogP contribution in [0.4, 0.5) is 5.69 Å². The van der Waals surface area contributed by atoms with Crippen molar-refractivity contribution in [3.63, 3.8) is 0 Å². The lowest BCUT2D eigenvalue weighted by Gasteiger charge is -2.09. The van der Waals surface area contributed by atoms with Gasteiger partial charge in [0.15, 0.2) is 0 Å². The molecule has 0 spiro atoms. The number of hydrogen-bond acceptors (Lipinski definition) is 3. The average molecular weight is 250 g/mol. The third-order valence-corrected chi connectivity index (χ3v) is 2.18. The minimum atomic E-state index is -0.238. The van der Waals surface area contributed by atoms with Crippen LogP contribution >= 0.6 is 0 Å². The summed E-state index contributed by atoms with van der Waals surface area (Å²) in [5.74, 6) is -0.428. The molecular formula is C13H18N2O3. The number of anilines is 1. The van der Waals surface area contributed by atoms with Crippen molar-refractivity contribution in [1.29, 1.82) is 0 Å². The Kier molecular flexibility index (Phi) is 5.32. The molecule has 98 valence electrons. The molecule has 0 aromatic heterocycles. The molecule has 0 atom stereocenters. The normalized spacial score (nSPS) is 10.2. The summed E-state index contributed by atoms with van der Waals surface area (Å²) < 4.78 is 5.18. The minimum Gasteiger partial charge on any atom is -0.369 e. The summed E-state index contributed by atoms with van der Waals surface area (Å²) >= 11 is 0. The molecule has 0 aliphatic rings. The van der Waals surface area contributed by atoms with Crippen molar-refractivity contribution in [2.75, 3.05) is 19.0 Å². The fraction of sp³-hybridized carbons (Fsp3) is 0.385. The lowest BCUT2D eigenvalue weighted by Crippen LogP contribution is -2.21. The maximum atomic E-state index is 11.5. The van der Waals surface area contributed by atoms with Crippen molar-refractivity contribution in [2.24, 2.45) is 0 Å². The largest absolute Gasteiger partial charge is 0.369 e. The van der Waals surface area contributed by atoms with E-state index in [1.807, 2.05) is 13.8 Å². The zero-order chi connectivity index (χ0) is 13.5. The van der Waals surface area contributed by atoms with Crippen molar-refractivity contribution < 1.29 is 14.3 Å². The predicted molar refractivity (Wildman–Crippen MR) is 69.5 cm³/mol. The van der Waals surface area contributed by atoms with Crippen LogP contribution in [0.2, 0.25) is 0 Å². The maximum Gasteiger partial charge on any atom is 0.251 e. The van der Waals surface area contributed by atoms with Gasteiger partial charge in [-0.2, -0.15) is 0 Å². The Balaban J connectivity index is 2.62. The monoisotopic (exact) mass is 250 g/mol. The van der Waals surface area contributed by atoms with Crippen LogP contribution in [0.3, 0.4) is 0 Å². The molecule has 0 radical (unpaired) electrons. The quantitative estimate of drug-likeness (QED) is 0.830. The van der Waals surface area contributed by atoms with Crippen LogP contribution in [0.15, 0.2) is 24.3 Å². The van der Waals surface area contributed by atoms with E-state index < -0.39 is 0 Å². The van der Waals surface area contributed by atoms with E-state index in [-0.39, 0.29) is 24.5 Å². The second-order valence-corrected chi connectivity index (χ2v) is 4.07. The maximum absolute atomic E-state index is 11.5.